The van der Waals surface area contributed by atoms with Crippen LogP contribution in [0.4, 0.5) is 0 Å². The van der Waals surface area contributed by atoms with E-state index in [2.05, 4.69) is 0 Å². The van der Waals surface area contributed by atoms with Gasteiger partial charge in [-0.05, 0) is 6.92 Å². The van der Waals surface area contributed by atoms with E-state index in [-0.39, 0.29) is 17.5 Å². The molecule has 0 N–H and O–H groups in total. The van der Waals surface area contributed by atoms with Crippen LogP contribution >= 0.6 is 0 Å². The first kappa shape index (κ1) is 8.91. The van der Waals surface area contributed by atoms with Crippen LogP contribution in [0.5, 0.6) is 0 Å². The molecule has 0 amide bonds. The molecule has 0 aliphatic heterocycles. The van der Waals surface area contributed by atoms with Crippen molar-refractivity contribution >= 4 is 11.6 Å². The maximum Gasteiger partial charge on any atom is 0.162 e. The number of ketones is 2. The normalized spacial score (nSPS) is 20.8. The van der Waals surface area contributed by atoms with Crippen LogP contribution in [0.1, 0.15) is 20.3 Å². The zero-order valence-corrected chi connectivity index (χ0v) is 7.33. The fourth-order valence-corrected chi connectivity index (χ4v) is 1.15. The summed E-state index contributed by atoms with van der Waals surface area (Å²) in [7, 11) is 0. The van der Waals surface area contributed by atoms with Crippen molar-refractivity contribution in [2.75, 3.05) is 0 Å². The van der Waals surface area contributed by atoms with Gasteiger partial charge >= 0.3 is 0 Å². The number of allylic oxidation sites excluding steroid dienone is 4. The molecule has 2 heteroatoms. The number of rotatable bonds is 3. The van der Waals surface area contributed by atoms with Gasteiger partial charge in [-0.15, -0.1) is 0 Å². The Hall–Kier alpha value is -1.18. The third kappa shape index (κ3) is 1.70. The first-order valence-corrected chi connectivity index (χ1v) is 4.08. The van der Waals surface area contributed by atoms with Gasteiger partial charge in [0.1, 0.15) is 5.78 Å². The van der Waals surface area contributed by atoms with Crippen molar-refractivity contribution in [3.05, 3.63) is 23.8 Å². The number of Topliss-reactive ketones (excluding diaryl/α,β-unsaturated/α-hetero) is 2. The Balaban J connectivity index is 2.74. The Labute approximate surface area is 72.0 Å². The molecule has 1 rings (SSSR count). The molecule has 0 fully saturated rings. The van der Waals surface area contributed by atoms with Crippen LogP contribution in [-0.4, -0.2) is 11.6 Å². The molecule has 0 heterocycles. The molecule has 0 aromatic rings. The van der Waals surface area contributed by atoms with Gasteiger partial charge in [0.2, 0.25) is 0 Å². The highest BCUT2D eigenvalue weighted by Crippen LogP contribution is 2.18. The van der Waals surface area contributed by atoms with E-state index in [1.54, 1.807) is 18.2 Å². The molecule has 0 aromatic heterocycles. The van der Waals surface area contributed by atoms with Crippen molar-refractivity contribution in [3.63, 3.8) is 0 Å². The van der Waals surface area contributed by atoms with E-state index in [1.165, 1.54) is 6.92 Å². The Morgan fingerprint density at radius 2 is 2.17 bits per heavy atom. The van der Waals surface area contributed by atoms with Gasteiger partial charge in [0.15, 0.2) is 5.78 Å². The van der Waals surface area contributed by atoms with Crippen LogP contribution in [0.25, 0.3) is 0 Å². The van der Waals surface area contributed by atoms with Gasteiger partial charge in [-0.25, -0.2) is 0 Å². The molecule has 12 heavy (non-hydrogen) atoms. The van der Waals surface area contributed by atoms with E-state index >= 15 is 0 Å². The lowest BCUT2D eigenvalue weighted by molar-refractivity contribution is -0.118. The van der Waals surface area contributed by atoms with Crippen LogP contribution in [0.3, 0.4) is 0 Å². The molecule has 0 saturated heterocycles. The molecular formula is C10H12O2. The number of hydrogen-bond acceptors (Lipinski definition) is 2. The minimum Gasteiger partial charge on any atom is -0.299 e. The zero-order chi connectivity index (χ0) is 9.14. The fourth-order valence-electron chi connectivity index (χ4n) is 1.15. The third-order valence-corrected chi connectivity index (χ3v) is 1.95. The van der Waals surface area contributed by atoms with Crippen LogP contribution in [0.15, 0.2) is 23.8 Å². The molecule has 1 aliphatic rings. The second-order valence-corrected chi connectivity index (χ2v) is 2.89. The largest absolute Gasteiger partial charge is 0.299 e. The van der Waals surface area contributed by atoms with Gasteiger partial charge in [-0.3, -0.25) is 9.59 Å². The van der Waals surface area contributed by atoms with E-state index in [0.717, 1.165) is 0 Å². The quantitative estimate of drug-likeness (QED) is 0.635. The molecule has 0 radical (unpaired) electrons. The summed E-state index contributed by atoms with van der Waals surface area (Å²) >= 11 is 0. The minimum absolute atomic E-state index is 0.0881. The van der Waals surface area contributed by atoms with Gasteiger partial charge in [0.25, 0.3) is 0 Å². The van der Waals surface area contributed by atoms with Crippen molar-refractivity contribution in [1.29, 1.82) is 0 Å². The summed E-state index contributed by atoms with van der Waals surface area (Å²) in [6.45, 7) is 3.35. The van der Waals surface area contributed by atoms with Crippen molar-refractivity contribution < 1.29 is 9.59 Å². The Morgan fingerprint density at radius 1 is 1.50 bits per heavy atom. The third-order valence-electron chi connectivity index (χ3n) is 1.95. The summed E-state index contributed by atoms with van der Waals surface area (Å²) in [6.07, 6.45) is 5.73. The molecule has 1 atom stereocenters. The molecule has 1 aliphatic carbocycles. The Kier molecular flexibility index (Phi) is 2.58. The molecule has 0 saturated carbocycles. The molecular weight excluding hydrogens is 152 g/mol. The van der Waals surface area contributed by atoms with Crippen LogP contribution in [0.2, 0.25) is 0 Å². The van der Waals surface area contributed by atoms with Gasteiger partial charge in [0.05, 0.1) is 5.92 Å². The average molecular weight is 164 g/mol. The van der Waals surface area contributed by atoms with Crippen LogP contribution < -0.4 is 0 Å². The van der Waals surface area contributed by atoms with Gasteiger partial charge in [-0.1, -0.05) is 25.2 Å². The molecule has 64 valence electrons. The minimum atomic E-state index is -0.171. The van der Waals surface area contributed by atoms with E-state index in [0.29, 0.717) is 12.0 Å². The summed E-state index contributed by atoms with van der Waals surface area (Å²) in [5.74, 6) is 0.0238. The van der Waals surface area contributed by atoms with Crippen molar-refractivity contribution in [2.24, 2.45) is 5.92 Å². The summed E-state index contributed by atoms with van der Waals surface area (Å²) < 4.78 is 0. The maximum atomic E-state index is 11.2. The fraction of sp³-hybridized carbons (Fsp3) is 0.400. The van der Waals surface area contributed by atoms with Crippen molar-refractivity contribution in [2.45, 2.75) is 20.3 Å². The van der Waals surface area contributed by atoms with Crippen LogP contribution in [0, 0.1) is 5.92 Å². The first-order chi connectivity index (χ1) is 5.65. The summed E-state index contributed by atoms with van der Waals surface area (Å²) in [5, 5.41) is 0. The lowest BCUT2D eigenvalue weighted by Crippen LogP contribution is -2.03. The standard InChI is InChI=1S/C10H12O2/c1-3-10(12)9-5-4-8(6-9)7(2)11/h4-6,8H,3H2,1-2H3. The maximum absolute atomic E-state index is 11.2. The van der Waals surface area contributed by atoms with E-state index in [1.807, 2.05) is 6.92 Å². The second kappa shape index (κ2) is 3.48. The number of carbonyl (C=O) groups excluding carboxylic acids is 2. The summed E-state index contributed by atoms with van der Waals surface area (Å²) in [5.41, 5.74) is 0.678. The lowest BCUT2D eigenvalue weighted by atomic mass is 10.1. The SMILES string of the molecule is CCC(=O)C1=CC(C(C)=O)C=C1. The molecule has 0 aromatic carbocycles. The first-order valence-electron chi connectivity index (χ1n) is 4.08. The lowest BCUT2D eigenvalue weighted by Gasteiger charge is -1.96. The number of carbonyl (C=O) groups is 2. The second-order valence-electron chi connectivity index (χ2n) is 2.89. The summed E-state index contributed by atoms with van der Waals surface area (Å²) in [4.78, 5) is 22.0. The predicted molar refractivity (Wildman–Crippen MR) is 46.7 cm³/mol. The van der Waals surface area contributed by atoms with E-state index in [9.17, 15) is 9.59 Å². The van der Waals surface area contributed by atoms with Gasteiger partial charge < -0.3 is 0 Å². The molecule has 2 nitrogen and oxygen atoms in total. The highest BCUT2D eigenvalue weighted by Gasteiger charge is 2.16. The molecule has 1 unspecified atom stereocenters. The average Bonchev–Trinajstić information content (AvgIpc) is 2.51. The topological polar surface area (TPSA) is 34.1 Å². The van der Waals surface area contributed by atoms with Crippen LogP contribution in [-0.2, 0) is 9.59 Å². The Morgan fingerprint density at radius 3 is 2.58 bits per heavy atom. The van der Waals surface area contributed by atoms with Crippen molar-refractivity contribution in [1.82, 2.24) is 0 Å². The number of hydrogen-bond donors (Lipinski definition) is 0. The van der Waals surface area contributed by atoms with Gasteiger partial charge in [0, 0.05) is 12.0 Å². The predicted octanol–water partition coefficient (Wildman–Crippen LogP) is 1.67. The van der Waals surface area contributed by atoms with E-state index < -0.39 is 0 Å². The van der Waals surface area contributed by atoms with E-state index in [4.69, 9.17) is 0 Å². The highest BCUT2D eigenvalue weighted by atomic mass is 16.1. The Bertz CT molecular complexity index is 272. The monoisotopic (exact) mass is 164 g/mol. The zero-order valence-electron chi connectivity index (χ0n) is 7.33. The molecule has 0 bridgehead atoms. The smallest absolute Gasteiger partial charge is 0.162 e. The summed E-state index contributed by atoms with van der Waals surface area (Å²) in [6, 6.07) is 0. The highest BCUT2D eigenvalue weighted by molar-refractivity contribution is 6.00. The van der Waals surface area contributed by atoms with Gasteiger partial charge in [-0.2, -0.15) is 0 Å². The van der Waals surface area contributed by atoms with Crippen molar-refractivity contribution in [3.8, 4) is 0 Å². The molecule has 0 spiro atoms.